The van der Waals surface area contributed by atoms with Crippen LogP contribution in [0.5, 0.6) is 0 Å². The fourth-order valence-corrected chi connectivity index (χ4v) is 3.11. The Bertz CT molecular complexity index is 883. The lowest BCUT2D eigenvalue weighted by molar-refractivity contribution is 0.628. The zero-order chi connectivity index (χ0) is 16.7. The molecular weight excluding hydrogens is 305 g/mol. The van der Waals surface area contributed by atoms with Crippen LogP contribution in [0, 0.1) is 5.82 Å². The third kappa shape index (κ3) is 2.44. The third-order valence-electron chi connectivity index (χ3n) is 4.26. The van der Waals surface area contributed by atoms with Crippen LogP contribution >= 0.6 is 0 Å². The summed E-state index contributed by atoms with van der Waals surface area (Å²) in [5.41, 5.74) is 4.84. The van der Waals surface area contributed by atoms with Crippen LogP contribution in [-0.4, -0.2) is 33.8 Å². The number of benzene rings is 1. The quantitative estimate of drug-likeness (QED) is 0.743. The average Bonchev–Trinajstić information content (AvgIpc) is 3.16. The Kier molecular flexibility index (Phi) is 3.52. The molecule has 5 nitrogen and oxygen atoms in total. The van der Waals surface area contributed by atoms with Crippen molar-refractivity contribution in [2.45, 2.75) is 19.4 Å². The van der Waals surface area contributed by atoms with Crippen LogP contribution in [0.1, 0.15) is 12.1 Å². The van der Waals surface area contributed by atoms with Crippen molar-refractivity contribution in [3.05, 3.63) is 48.0 Å². The van der Waals surface area contributed by atoms with Gasteiger partial charge in [-0.05, 0) is 43.2 Å². The number of halogens is 1. The first-order valence-corrected chi connectivity index (χ1v) is 8.00. The Hall–Kier alpha value is -2.76. The Morgan fingerprint density at radius 1 is 1.12 bits per heavy atom. The summed E-state index contributed by atoms with van der Waals surface area (Å²) in [7, 11) is 3.84. The van der Waals surface area contributed by atoms with Gasteiger partial charge in [-0.15, -0.1) is 0 Å². The van der Waals surface area contributed by atoms with Crippen molar-refractivity contribution in [1.82, 2.24) is 19.7 Å². The van der Waals surface area contributed by atoms with E-state index in [1.165, 1.54) is 17.8 Å². The lowest BCUT2D eigenvalue weighted by Crippen LogP contribution is -2.12. The van der Waals surface area contributed by atoms with Crippen molar-refractivity contribution in [1.29, 1.82) is 0 Å². The van der Waals surface area contributed by atoms with Crippen LogP contribution in [0.3, 0.4) is 0 Å². The summed E-state index contributed by atoms with van der Waals surface area (Å²) in [5.74, 6) is 0.416. The number of nitrogens with zero attached hydrogens (tertiary/aromatic N) is 5. The maximum Gasteiger partial charge on any atom is 0.225 e. The second-order valence-electron chi connectivity index (χ2n) is 6.14. The lowest BCUT2D eigenvalue weighted by atomic mass is 10.0. The van der Waals surface area contributed by atoms with Crippen LogP contribution in [-0.2, 0) is 13.0 Å². The highest BCUT2D eigenvalue weighted by atomic mass is 19.1. The first kappa shape index (κ1) is 14.8. The normalized spacial score (nSPS) is 13.1. The van der Waals surface area contributed by atoms with Gasteiger partial charge in [-0.3, -0.25) is 4.68 Å². The monoisotopic (exact) mass is 323 g/mol. The first-order chi connectivity index (χ1) is 11.6. The van der Waals surface area contributed by atoms with Gasteiger partial charge >= 0.3 is 0 Å². The summed E-state index contributed by atoms with van der Waals surface area (Å²) in [6.45, 7) is 0.912. The maximum absolute atomic E-state index is 13.3. The molecule has 0 unspecified atom stereocenters. The molecule has 1 aliphatic heterocycles. The van der Waals surface area contributed by atoms with Gasteiger partial charge in [0.15, 0.2) is 0 Å². The number of hydrogen-bond donors (Lipinski definition) is 0. The van der Waals surface area contributed by atoms with E-state index in [1.54, 1.807) is 18.3 Å². The van der Waals surface area contributed by atoms with Gasteiger partial charge in [0.05, 0.1) is 5.69 Å². The van der Waals surface area contributed by atoms with Crippen molar-refractivity contribution in [2.24, 2.45) is 0 Å². The molecule has 24 heavy (non-hydrogen) atoms. The number of aryl methyl sites for hydroxylation is 1. The Balaban J connectivity index is 1.91. The van der Waals surface area contributed by atoms with E-state index in [0.29, 0.717) is 5.95 Å². The predicted molar refractivity (Wildman–Crippen MR) is 91.3 cm³/mol. The molecule has 0 N–H and O–H groups in total. The zero-order valence-corrected chi connectivity index (χ0v) is 13.7. The molecule has 0 fully saturated rings. The van der Waals surface area contributed by atoms with Crippen molar-refractivity contribution in [2.75, 3.05) is 19.0 Å². The van der Waals surface area contributed by atoms with Crippen molar-refractivity contribution in [3.63, 3.8) is 0 Å². The molecule has 0 saturated heterocycles. The Morgan fingerprint density at radius 3 is 2.67 bits per heavy atom. The van der Waals surface area contributed by atoms with Gasteiger partial charge < -0.3 is 4.90 Å². The molecular formula is C18H18FN5. The van der Waals surface area contributed by atoms with E-state index in [0.717, 1.165) is 41.9 Å². The number of hydrogen-bond acceptors (Lipinski definition) is 4. The fourth-order valence-electron chi connectivity index (χ4n) is 3.11. The van der Waals surface area contributed by atoms with E-state index in [2.05, 4.69) is 9.97 Å². The van der Waals surface area contributed by atoms with Crippen LogP contribution < -0.4 is 4.90 Å². The molecule has 0 radical (unpaired) electrons. The molecule has 3 aromatic rings. The summed E-state index contributed by atoms with van der Waals surface area (Å²) in [6.07, 6.45) is 3.83. The van der Waals surface area contributed by atoms with E-state index in [9.17, 15) is 4.39 Å². The maximum atomic E-state index is 13.3. The van der Waals surface area contributed by atoms with Crippen LogP contribution in [0.4, 0.5) is 10.3 Å². The molecule has 0 aliphatic carbocycles. The van der Waals surface area contributed by atoms with E-state index >= 15 is 0 Å². The number of rotatable bonds is 3. The summed E-state index contributed by atoms with van der Waals surface area (Å²) in [4.78, 5) is 10.9. The molecule has 0 atom stereocenters. The topological polar surface area (TPSA) is 46.8 Å². The molecule has 1 aromatic carbocycles. The highest BCUT2D eigenvalue weighted by Gasteiger charge is 2.25. The Morgan fingerprint density at radius 2 is 1.92 bits per heavy atom. The smallest absolute Gasteiger partial charge is 0.225 e. The van der Waals surface area contributed by atoms with Crippen LogP contribution in [0.15, 0.2) is 36.5 Å². The van der Waals surface area contributed by atoms with Gasteiger partial charge in [0.1, 0.15) is 11.5 Å². The highest BCUT2D eigenvalue weighted by Crippen LogP contribution is 2.36. The van der Waals surface area contributed by atoms with Gasteiger partial charge in [0.2, 0.25) is 5.95 Å². The molecule has 0 bridgehead atoms. The van der Waals surface area contributed by atoms with Gasteiger partial charge in [0, 0.05) is 43.7 Å². The Labute approximate surface area is 139 Å². The average molecular weight is 323 g/mol. The molecule has 0 amide bonds. The summed E-state index contributed by atoms with van der Waals surface area (Å²) < 4.78 is 15.3. The van der Waals surface area contributed by atoms with Gasteiger partial charge in [0.25, 0.3) is 0 Å². The van der Waals surface area contributed by atoms with E-state index < -0.39 is 0 Å². The van der Waals surface area contributed by atoms with Crippen molar-refractivity contribution < 1.29 is 4.39 Å². The molecule has 6 heteroatoms. The van der Waals surface area contributed by atoms with Crippen LogP contribution in [0.2, 0.25) is 0 Å². The van der Waals surface area contributed by atoms with E-state index in [1.807, 2.05) is 29.7 Å². The molecule has 3 heterocycles. The van der Waals surface area contributed by atoms with Gasteiger partial charge in [-0.25, -0.2) is 14.4 Å². The molecule has 122 valence electrons. The standard InChI is InChI=1S/C18H18FN5/c1-23(2)18-20-10-9-14(21-18)16-15-4-3-11-24(15)22-17(16)12-5-7-13(19)8-6-12/h5-10H,3-4,11H2,1-2H3. The second-order valence-corrected chi connectivity index (χ2v) is 6.14. The van der Waals surface area contributed by atoms with Crippen molar-refractivity contribution >= 4 is 5.95 Å². The van der Waals surface area contributed by atoms with Gasteiger partial charge in [-0.1, -0.05) is 0 Å². The molecule has 2 aromatic heterocycles. The van der Waals surface area contributed by atoms with E-state index in [4.69, 9.17) is 5.10 Å². The molecule has 4 rings (SSSR count). The van der Waals surface area contributed by atoms with Crippen LogP contribution in [0.25, 0.3) is 22.5 Å². The molecule has 0 saturated carbocycles. The molecule has 0 spiro atoms. The van der Waals surface area contributed by atoms with E-state index in [-0.39, 0.29) is 5.82 Å². The first-order valence-electron chi connectivity index (χ1n) is 8.00. The third-order valence-corrected chi connectivity index (χ3v) is 4.26. The largest absolute Gasteiger partial charge is 0.347 e. The summed E-state index contributed by atoms with van der Waals surface area (Å²) in [6, 6.07) is 8.38. The summed E-state index contributed by atoms with van der Waals surface area (Å²) >= 11 is 0. The minimum Gasteiger partial charge on any atom is -0.347 e. The number of aromatic nitrogens is 4. The minimum absolute atomic E-state index is 0.246. The zero-order valence-electron chi connectivity index (χ0n) is 13.7. The summed E-state index contributed by atoms with van der Waals surface area (Å²) in [5, 5.41) is 4.76. The molecule has 1 aliphatic rings. The lowest BCUT2D eigenvalue weighted by Gasteiger charge is -2.11. The predicted octanol–water partition coefficient (Wildman–Crippen LogP) is 3.16. The highest BCUT2D eigenvalue weighted by molar-refractivity contribution is 5.81. The second kappa shape index (κ2) is 5.70. The minimum atomic E-state index is -0.246. The number of anilines is 1. The number of fused-ring (bicyclic) bond motifs is 1. The SMILES string of the molecule is CN(C)c1nccc(-c2c(-c3ccc(F)cc3)nn3c2CCC3)n1. The van der Waals surface area contributed by atoms with Crippen molar-refractivity contribution in [3.8, 4) is 22.5 Å². The van der Waals surface area contributed by atoms with Gasteiger partial charge in [-0.2, -0.15) is 5.10 Å². The fraction of sp³-hybridized carbons (Fsp3) is 0.278.